The second-order valence-electron chi connectivity index (χ2n) is 11.4. The Morgan fingerprint density at radius 3 is 1.44 bits per heavy atom. The molecule has 4 bridgehead atoms. The van der Waals surface area contributed by atoms with Gasteiger partial charge in [0.2, 0.25) is 0 Å². The molecule has 4 saturated carbocycles. The number of esters is 4. The predicted octanol–water partition coefficient (Wildman–Crippen LogP) is 4.46. The zero-order valence-corrected chi connectivity index (χ0v) is 22.1. The molecule has 4 aliphatic rings. The first-order chi connectivity index (χ1) is 16.8. The maximum atomic E-state index is 13.0. The molecule has 8 heteroatoms. The van der Waals surface area contributed by atoms with E-state index in [9.17, 15) is 19.2 Å². The van der Waals surface area contributed by atoms with Gasteiger partial charge in [-0.1, -0.05) is 27.0 Å². The topological polar surface area (TPSA) is 105 Å². The molecule has 2 atom stereocenters. The molecule has 36 heavy (non-hydrogen) atoms. The lowest BCUT2D eigenvalue weighted by molar-refractivity contribution is -0.235. The summed E-state index contributed by atoms with van der Waals surface area (Å²) in [6.45, 7) is 14.1. The molecule has 0 aromatic rings. The third-order valence-electron chi connectivity index (χ3n) is 7.66. The molecular formula is C28H40O8. The largest absolute Gasteiger partial charge is 0.462 e. The van der Waals surface area contributed by atoms with Gasteiger partial charge in [-0.25, -0.2) is 9.59 Å². The molecule has 0 radical (unpaired) electrons. The summed E-state index contributed by atoms with van der Waals surface area (Å²) in [4.78, 5) is 49.1. The van der Waals surface area contributed by atoms with Crippen molar-refractivity contribution in [3.05, 3.63) is 24.3 Å². The number of carbonyl (C=O) groups excluding carboxylic acids is 4. The van der Waals surface area contributed by atoms with Crippen molar-refractivity contribution in [1.29, 1.82) is 0 Å². The van der Waals surface area contributed by atoms with Crippen molar-refractivity contribution in [3.8, 4) is 0 Å². The predicted molar refractivity (Wildman–Crippen MR) is 131 cm³/mol. The Morgan fingerprint density at radius 2 is 1.11 bits per heavy atom. The molecule has 0 aromatic carbocycles. The van der Waals surface area contributed by atoms with E-state index in [-0.39, 0.29) is 25.2 Å². The molecular weight excluding hydrogens is 464 g/mol. The molecule has 4 rings (SSSR count). The minimum absolute atomic E-state index is 0.126. The van der Waals surface area contributed by atoms with Gasteiger partial charge in [0.1, 0.15) is 11.2 Å². The van der Waals surface area contributed by atoms with Gasteiger partial charge in [0.15, 0.2) is 0 Å². The van der Waals surface area contributed by atoms with Crippen molar-refractivity contribution in [2.45, 2.75) is 90.3 Å². The quantitative estimate of drug-likeness (QED) is 0.218. The van der Waals surface area contributed by atoms with E-state index in [0.717, 1.165) is 32.1 Å². The molecule has 0 saturated heterocycles. The van der Waals surface area contributed by atoms with Gasteiger partial charge in [0.25, 0.3) is 0 Å². The monoisotopic (exact) mass is 504 g/mol. The van der Waals surface area contributed by atoms with Crippen LogP contribution in [0.4, 0.5) is 0 Å². The fourth-order valence-electron chi connectivity index (χ4n) is 6.10. The summed E-state index contributed by atoms with van der Waals surface area (Å²) in [5, 5.41) is 0. The van der Waals surface area contributed by atoms with E-state index < -0.39 is 35.0 Å². The normalized spacial score (nSPS) is 29.6. The highest BCUT2D eigenvalue weighted by Crippen LogP contribution is 2.60. The molecule has 8 nitrogen and oxygen atoms in total. The van der Waals surface area contributed by atoms with Crippen molar-refractivity contribution in [2.75, 3.05) is 13.2 Å². The Labute approximate surface area is 213 Å². The average molecular weight is 505 g/mol. The third-order valence-corrected chi connectivity index (χ3v) is 7.66. The van der Waals surface area contributed by atoms with Crippen LogP contribution < -0.4 is 0 Å². The highest BCUT2D eigenvalue weighted by Gasteiger charge is 2.61. The van der Waals surface area contributed by atoms with Crippen LogP contribution in [-0.4, -0.2) is 48.3 Å². The SMILES string of the molecule is C=C(C)C(=O)OCCC(C)C(=O)OC12CC3CC(C1)CC(OC(=O)C(C)CCOC(=O)C(=C)C)(C3)C2. The average Bonchev–Trinajstić information content (AvgIpc) is 2.76. The van der Waals surface area contributed by atoms with Gasteiger partial charge in [-0.2, -0.15) is 0 Å². The first-order valence-electron chi connectivity index (χ1n) is 12.9. The Bertz CT molecular complexity index is 835. The Morgan fingerprint density at radius 1 is 0.750 bits per heavy atom. The second-order valence-corrected chi connectivity index (χ2v) is 11.4. The van der Waals surface area contributed by atoms with E-state index in [4.69, 9.17) is 18.9 Å². The third kappa shape index (κ3) is 6.77. The summed E-state index contributed by atoms with van der Waals surface area (Å²) in [5.41, 5.74) is -0.601. The molecule has 2 unspecified atom stereocenters. The van der Waals surface area contributed by atoms with Crippen LogP contribution in [0, 0.1) is 23.7 Å². The second kappa shape index (κ2) is 11.2. The molecule has 0 aliphatic heterocycles. The van der Waals surface area contributed by atoms with Crippen LogP contribution in [0.25, 0.3) is 0 Å². The molecule has 0 heterocycles. The van der Waals surface area contributed by atoms with Gasteiger partial charge in [0.05, 0.1) is 25.0 Å². The van der Waals surface area contributed by atoms with Gasteiger partial charge >= 0.3 is 23.9 Å². The molecule has 4 fully saturated rings. The molecule has 0 amide bonds. The van der Waals surface area contributed by atoms with Gasteiger partial charge < -0.3 is 18.9 Å². The van der Waals surface area contributed by atoms with Crippen molar-refractivity contribution in [2.24, 2.45) is 23.7 Å². The zero-order valence-electron chi connectivity index (χ0n) is 22.1. The number of hydrogen-bond acceptors (Lipinski definition) is 8. The van der Waals surface area contributed by atoms with E-state index in [0.29, 0.717) is 42.2 Å². The lowest BCUT2D eigenvalue weighted by Crippen LogP contribution is -2.62. The summed E-state index contributed by atoms with van der Waals surface area (Å²) in [7, 11) is 0. The number of carbonyl (C=O) groups is 4. The smallest absolute Gasteiger partial charge is 0.333 e. The van der Waals surface area contributed by atoms with Crippen LogP contribution in [0.3, 0.4) is 0 Å². The van der Waals surface area contributed by atoms with Crippen LogP contribution in [0.15, 0.2) is 24.3 Å². The van der Waals surface area contributed by atoms with Gasteiger partial charge in [-0.15, -0.1) is 0 Å². The van der Waals surface area contributed by atoms with Crippen LogP contribution >= 0.6 is 0 Å². The van der Waals surface area contributed by atoms with E-state index in [2.05, 4.69) is 13.2 Å². The molecule has 0 spiro atoms. The summed E-state index contributed by atoms with van der Waals surface area (Å²) in [5.74, 6) is -1.69. The first kappa shape index (κ1) is 27.9. The van der Waals surface area contributed by atoms with Gasteiger partial charge in [-0.3, -0.25) is 9.59 Å². The Kier molecular flexibility index (Phi) is 8.67. The van der Waals surface area contributed by atoms with E-state index >= 15 is 0 Å². The lowest BCUT2D eigenvalue weighted by Gasteiger charge is -2.60. The van der Waals surface area contributed by atoms with Crippen molar-refractivity contribution < 1.29 is 38.1 Å². The number of ether oxygens (including phenoxy) is 4. The standard InChI is InChI=1S/C28H40O8/c1-17(2)23(29)33-9-7-19(5)25(31)35-27-12-21-11-22(13-27)15-28(14-21,16-27)36-26(32)20(6)8-10-34-24(30)18(3)4/h19-22H,1,3,7-16H2,2,4-6H3. The lowest BCUT2D eigenvalue weighted by atomic mass is 9.52. The Hall–Kier alpha value is -2.64. The summed E-state index contributed by atoms with van der Waals surface area (Å²) in [6.07, 6.45) is 5.48. The fraction of sp³-hybridized carbons (Fsp3) is 0.714. The minimum Gasteiger partial charge on any atom is -0.462 e. The Balaban J connectivity index is 1.56. The maximum Gasteiger partial charge on any atom is 0.333 e. The zero-order chi connectivity index (χ0) is 26.7. The van der Waals surface area contributed by atoms with Crippen LogP contribution in [0.5, 0.6) is 0 Å². The van der Waals surface area contributed by atoms with E-state index in [1.165, 1.54) is 0 Å². The summed E-state index contributed by atoms with van der Waals surface area (Å²) in [6, 6.07) is 0. The minimum atomic E-state index is -0.621. The number of rotatable bonds is 12. The highest BCUT2D eigenvalue weighted by atomic mass is 16.6. The first-order valence-corrected chi connectivity index (χ1v) is 12.9. The van der Waals surface area contributed by atoms with E-state index in [1.807, 2.05) is 0 Å². The molecule has 4 aliphatic carbocycles. The summed E-state index contributed by atoms with van der Waals surface area (Å²) < 4.78 is 22.5. The molecule has 0 N–H and O–H groups in total. The summed E-state index contributed by atoms with van der Waals surface area (Å²) >= 11 is 0. The number of hydrogen-bond donors (Lipinski definition) is 0. The molecule has 200 valence electrons. The fourth-order valence-corrected chi connectivity index (χ4v) is 6.10. The van der Waals surface area contributed by atoms with Crippen molar-refractivity contribution in [1.82, 2.24) is 0 Å². The molecule has 0 aromatic heterocycles. The highest BCUT2D eigenvalue weighted by molar-refractivity contribution is 5.87. The van der Waals surface area contributed by atoms with Gasteiger partial charge in [0, 0.05) is 17.6 Å². The van der Waals surface area contributed by atoms with E-state index in [1.54, 1.807) is 27.7 Å². The van der Waals surface area contributed by atoms with Crippen LogP contribution in [0.2, 0.25) is 0 Å². The maximum absolute atomic E-state index is 13.0. The van der Waals surface area contributed by atoms with Crippen molar-refractivity contribution in [3.63, 3.8) is 0 Å². The van der Waals surface area contributed by atoms with Crippen LogP contribution in [0.1, 0.15) is 79.1 Å². The van der Waals surface area contributed by atoms with Crippen LogP contribution in [-0.2, 0) is 38.1 Å². The van der Waals surface area contributed by atoms with Crippen molar-refractivity contribution >= 4 is 23.9 Å². The van der Waals surface area contributed by atoms with Gasteiger partial charge in [-0.05, 0) is 70.6 Å².